The molecule has 1 atom stereocenters. The molecule has 158 valence electrons. The summed E-state index contributed by atoms with van der Waals surface area (Å²) in [4.78, 5) is 4.54. The van der Waals surface area contributed by atoms with E-state index in [9.17, 15) is 10.4 Å². The molecule has 1 N–H and O–H groups in total. The average Bonchev–Trinajstić information content (AvgIpc) is 2.75. The van der Waals surface area contributed by atoms with Gasteiger partial charge in [0.25, 0.3) is 0 Å². The minimum Gasteiger partial charge on any atom is -0.491 e. The fourth-order valence-corrected chi connectivity index (χ4v) is 3.54. The number of nitrogens with zero attached hydrogens (tertiary/aromatic N) is 3. The van der Waals surface area contributed by atoms with Gasteiger partial charge in [-0.3, -0.25) is 4.90 Å². The minimum absolute atomic E-state index is 0.244. The molecule has 0 aliphatic carbocycles. The molecule has 2 aromatic carbocycles. The molecule has 0 saturated carbocycles. The van der Waals surface area contributed by atoms with Gasteiger partial charge in [0.2, 0.25) is 0 Å². The predicted octanol–water partition coefficient (Wildman–Crippen LogP) is 4.04. The molecular weight excluding hydrogens is 421 g/mol. The normalized spacial score (nSPS) is 16.8. The van der Waals surface area contributed by atoms with E-state index in [-0.39, 0.29) is 6.61 Å². The maximum atomic E-state index is 10.3. The van der Waals surface area contributed by atoms with E-state index >= 15 is 0 Å². The van der Waals surface area contributed by atoms with Crippen LogP contribution in [0.3, 0.4) is 0 Å². The number of halogens is 2. The lowest BCUT2D eigenvalue weighted by atomic mass is 10.0. The third-order valence-corrected chi connectivity index (χ3v) is 5.79. The van der Waals surface area contributed by atoms with Crippen molar-refractivity contribution in [3.63, 3.8) is 0 Å². The van der Waals surface area contributed by atoms with Crippen molar-refractivity contribution in [2.75, 3.05) is 46.4 Å². The predicted molar refractivity (Wildman–Crippen MR) is 122 cm³/mol. The summed E-state index contributed by atoms with van der Waals surface area (Å²) in [6.45, 7) is 4.84. The summed E-state index contributed by atoms with van der Waals surface area (Å²) in [7, 11) is 2.11. The van der Waals surface area contributed by atoms with Crippen LogP contribution < -0.4 is 4.74 Å². The van der Waals surface area contributed by atoms with Crippen LogP contribution >= 0.6 is 23.2 Å². The van der Waals surface area contributed by atoms with Gasteiger partial charge in [-0.05, 0) is 48.5 Å². The van der Waals surface area contributed by atoms with Gasteiger partial charge in [-0.15, -0.1) is 0 Å². The number of aliphatic hydroxyl groups is 1. The molecule has 0 bridgehead atoms. The van der Waals surface area contributed by atoms with Gasteiger partial charge in [-0.25, -0.2) is 0 Å². The standard InChI is InChI=1S/C23H25Cl2N3O2/c1-27-8-10-28(11-9-27)15-20(29)16-30-21-5-2-17(3-6-21)12-19(14-26)18-4-7-22(24)23(25)13-18/h2-7,12-13,20,29H,8-11,15-16H2,1H3/b19-12+. The topological polar surface area (TPSA) is 59.7 Å². The molecule has 1 unspecified atom stereocenters. The molecule has 0 spiro atoms. The Morgan fingerprint density at radius 2 is 1.83 bits per heavy atom. The number of ether oxygens (including phenoxy) is 1. The van der Waals surface area contributed by atoms with Crippen molar-refractivity contribution in [1.82, 2.24) is 9.80 Å². The second-order valence-corrected chi connectivity index (χ2v) is 8.25. The first-order valence-corrected chi connectivity index (χ1v) is 10.6. The largest absolute Gasteiger partial charge is 0.491 e. The Labute approximate surface area is 187 Å². The molecule has 7 heteroatoms. The van der Waals surface area contributed by atoms with E-state index in [1.54, 1.807) is 24.3 Å². The molecule has 0 amide bonds. The zero-order valence-corrected chi connectivity index (χ0v) is 18.4. The van der Waals surface area contributed by atoms with Gasteiger partial charge in [0.15, 0.2) is 0 Å². The van der Waals surface area contributed by atoms with Crippen molar-refractivity contribution in [2.24, 2.45) is 0 Å². The number of likely N-dealkylation sites (N-methyl/N-ethyl adjacent to an activating group) is 1. The molecule has 3 rings (SSSR count). The Kier molecular flexibility index (Phi) is 8.15. The summed E-state index contributed by atoms with van der Waals surface area (Å²) in [6, 6.07) is 14.7. The van der Waals surface area contributed by atoms with Gasteiger partial charge in [-0.1, -0.05) is 41.4 Å². The Bertz CT molecular complexity index is 917. The van der Waals surface area contributed by atoms with Crippen LogP contribution in [0.15, 0.2) is 42.5 Å². The van der Waals surface area contributed by atoms with Crippen molar-refractivity contribution < 1.29 is 9.84 Å². The average molecular weight is 446 g/mol. The summed E-state index contributed by atoms with van der Waals surface area (Å²) >= 11 is 12.0. The lowest BCUT2D eigenvalue weighted by Gasteiger charge is -2.33. The number of β-amino-alcohol motifs (C(OH)–C–C–N with tert-alkyl or cyclic N) is 1. The van der Waals surface area contributed by atoms with E-state index in [0.29, 0.717) is 33.5 Å². The Morgan fingerprint density at radius 1 is 1.13 bits per heavy atom. The van der Waals surface area contributed by atoms with Gasteiger partial charge in [0.1, 0.15) is 18.5 Å². The van der Waals surface area contributed by atoms with Gasteiger partial charge in [0, 0.05) is 32.7 Å². The second kappa shape index (κ2) is 10.8. The monoisotopic (exact) mass is 445 g/mol. The van der Waals surface area contributed by atoms with Crippen LogP contribution in [0.5, 0.6) is 5.75 Å². The number of hydrogen-bond donors (Lipinski definition) is 1. The highest BCUT2D eigenvalue weighted by molar-refractivity contribution is 6.42. The fourth-order valence-electron chi connectivity index (χ4n) is 3.24. The van der Waals surface area contributed by atoms with Crippen LogP contribution in [-0.2, 0) is 0 Å². The minimum atomic E-state index is -0.534. The highest BCUT2D eigenvalue weighted by atomic mass is 35.5. The number of nitriles is 1. The van der Waals surface area contributed by atoms with Crippen LogP contribution in [0.2, 0.25) is 10.0 Å². The SMILES string of the molecule is CN1CCN(CC(O)COc2ccc(/C=C(\C#N)c3ccc(Cl)c(Cl)c3)cc2)CC1. The highest BCUT2D eigenvalue weighted by Gasteiger charge is 2.17. The molecule has 0 radical (unpaired) electrons. The summed E-state index contributed by atoms with van der Waals surface area (Å²) in [5, 5.41) is 20.6. The molecule has 1 aliphatic rings. The Hall–Kier alpha value is -2.07. The number of piperazine rings is 1. The lowest BCUT2D eigenvalue weighted by Crippen LogP contribution is -2.47. The summed E-state index contributed by atoms with van der Waals surface area (Å²) in [5.41, 5.74) is 2.06. The van der Waals surface area contributed by atoms with E-state index < -0.39 is 6.10 Å². The summed E-state index contributed by atoms with van der Waals surface area (Å²) < 4.78 is 5.73. The van der Waals surface area contributed by atoms with Gasteiger partial charge in [-0.2, -0.15) is 5.26 Å². The second-order valence-electron chi connectivity index (χ2n) is 7.44. The molecule has 1 heterocycles. The maximum Gasteiger partial charge on any atom is 0.119 e. The van der Waals surface area contributed by atoms with Crippen molar-refractivity contribution in [2.45, 2.75) is 6.10 Å². The molecular formula is C23H25Cl2N3O2. The summed E-state index contributed by atoms with van der Waals surface area (Å²) in [6.07, 6.45) is 1.25. The first kappa shape index (κ1) is 22.6. The Balaban J connectivity index is 1.55. The van der Waals surface area contributed by atoms with Crippen LogP contribution in [0.25, 0.3) is 11.6 Å². The quantitative estimate of drug-likeness (QED) is 0.514. The van der Waals surface area contributed by atoms with E-state index in [2.05, 4.69) is 22.9 Å². The number of benzene rings is 2. The van der Waals surface area contributed by atoms with Crippen LogP contribution in [0, 0.1) is 11.3 Å². The third kappa shape index (κ3) is 6.46. The number of rotatable bonds is 7. The van der Waals surface area contributed by atoms with Crippen LogP contribution in [0.1, 0.15) is 11.1 Å². The van der Waals surface area contributed by atoms with Crippen molar-refractivity contribution in [3.8, 4) is 11.8 Å². The molecule has 2 aromatic rings. The number of hydrogen-bond acceptors (Lipinski definition) is 5. The molecule has 1 saturated heterocycles. The van der Waals surface area contributed by atoms with Crippen molar-refractivity contribution in [1.29, 1.82) is 5.26 Å². The van der Waals surface area contributed by atoms with E-state index in [1.165, 1.54) is 0 Å². The first-order valence-electron chi connectivity index (χ1n) is 9.83. The van der Waals surface area contributed by atoms with Gasteiger partial charge >= 0.3 is 0 Å². The molecule has 5 nitrogen and oxygen atoms in total. The molecule has 30 heavy (non-hydrogen) atoms. The maximum absolute atomic E-state index is 10.3. The van der Waals surface area contributed by atoms with E-state index in [0.717, 1.165) is 31.7 Å². The zero-order chi connectivity index (χ0) is 21.5. The lowest BCUT2D eigenvalue weighted by molar-refractivity contribution is 0.0505. The smallest absolute Gasteiger partial charge is 0.119 e. The third-order valence-electron chi connectivity index (χ3n) is 5.05. The molecule has 1 aliphatic heterocycles. The van der Waals surface area contributed by atoms with Crippen LogP contribution in [-0.4, -0.2) is 67.4 Å². The van der Waals surface area contributed by atoms with Gasteiger partial charge in [0.05, 0.1) is 21.7 Å². The number of allylic oxidation sites excluding steroid dienone is 1. The van der Waals surface area contributed by atoms with Crippen LogP contribution in [0.4, 0.5) is 0 Å². The first-order chi connectivity index (χ1) is 14.4. The molecule has 1 fully saturated rings. The zero-order valence-electron chi connectivity index (χ0n) is 16.9. The number of aliphatic hydroxyl groups excluding tert-OH is 1. The van der Waals surface area contributed by atoms with Crippen molar-refractivity contribution >= 4 is 34.9 Å². The summed E-state index contributed by atoms with van der Waals surface area (Å²) in [5.74, 6) is 0.678. The van der Waals surface area contributed by atoms with Crippen molar-refractivity contribution in [3.05, 3.63) is 63.6 Å². The molecule has 0 aromatic heterocycles. The Morgan fingerprint density at radius 3 is 2.47 bits per heavy atom. The fraction of sp³-hybridized carbons (Fsp3) is 0.348. The van der Waals surface area contributed by atoms with E-state index in [4.69, 9.17) is 27.9 Å². The highest BCUT2D eigenvalue weighted by Crippen LogP contribution is 2.27. The van der Waals surface area contributed by atoms with E-state index in [1.807, 2.05) is 24.3 Å². The van der Waals surface area contributed by atoms with Gasteiger partial charge < -0.3 is 14.7 Å².